The standard InChI is InChI=1S/C18H12ClN3O2S2/c19-15-8-7-14(26-15)18(23)20-12-5-2-1-4-11(12)10-16-21-17(22-24-16)13-6-3-9-25-13/h1-9H,10H2,(H,20,23). The largest absolute Gasteiger partial charge is 0.339 e. The summed E-state index contributed by atoms with van der Waals surface area (Å²) in [6.07, 6.45) is 0.431. The number of anilines is 1. The van der Waals surface area contributed by atoms with E-state index in [0.717, 1.165) is 10.4 Å². The van der Waals surface area contributed by atoms with E-state index in [1.54, 1.807) is 23.5 Å². The van der Waals surface area contributed by atoms with E-state index in [1.807, 2.05) is 41.8 Å². The zero-order valence-electron chi connectivity index (χ0n) is 13.3. The van der Waals surface area contributed by atoms with Crippen molar-refractivity contribution in [1.82, 2.24) is 10.1 Å². The molecule has 0 bridgehead atoms. The zero-order valence-corrected chi connectivity index (χ0v) is 15.7. The van der Waals surface area contributed by atoms with E-state index in [0.29, 0.717) is 33.0 Å². The number of amides is 1. The third-order valence-corrected chi connectivity index (χ3v) is 5.71. The Morgan fingerprint density at radius 1 is 1.15 bits per heavy atom. The maximum absolute atomic E-state index is 12.4. The normalized spacial score (nSPS) is 10.8. The lowest BCUT2D eigenvalue weighted by molar-refractivity contribution is 0.103. The summed E-state index contributed by atoms with van der Waals surface area (Å²) in [6.45, 7) is 0. The molecule has 0 fully saturated rings. The smallest absolute Gasteiger partial charge is 0.265 e. The van der Waals surface area contributed by atoms with Gasteiger partial charge in [-0.2, -0.15) is 4.98 Å². The first kappa shape index (κ1) is 17.0. The third kappa shape index (κ3) is 3.70. The number of thiophene rings is 2. The van der Waals surface area contributed by atoms with Crippen LogP contribution in [0.15, 0.2) is 58.4 Å². The first-order valence-corrected chi connectivity index (χ1v) is 9.77. The Morgan fingerprint density at radius 3 is 2.81 bits per heavy atom. The van der Waals surface area contributed by atoms with Crippen LogP contribution in [0.2, 0.25) is 4.34 Å². The van der Waals surface area contributed by atoms with Crippen LogP contribution >= 0.6 is 34.3 Å². The van der Waals surface area contributed by atoms with Gasteiger partial charge in [-0.15, -0.1) is 22.7 Å². The van der Waals surface area contributed by atoms with Gasteiger partial charge < -0.3 is 9.84 Å². The van der Waals surface area contributed by atoms with Gasteiger partial charge in [0.15, 0.2) is 0 Å². The van der Waals surface area contributed by atoms with Crippen molar-refractivity contribution in [1.29, 1.82) is 0 Å². The highest BCUT2D eigenvalue weighted by atomic mass is 35.5. The molecule has 1 amide bonds. The molecule has 0 saturated heterocycles. The van der Waals surface area contributed by atoms with Gasteiger partial charge >= 0.3 is 0 Å². The Labute approximate surface area is 162 Å². The molecule has 26 heavy (non-hydrogen) atoms. The van der Waals surface area contributed by atoms with Gasteiger partial charge in [-0.1, -0.05) is 41.0 Å². The van der Waals surface area contributed by atoms with Crippen LogP contribution in [0.5, 0.6) is 0 Å². The molecule has 0 aliphatic carbocycles. The van der Waals surface area contributed by atoms with Crippen molar-refractivity contribution < 1.29 is 9.32 Å². The number of carbonyl (C=O) groups excluding carboxylic acids is 1. The molecule has 1 aromatic carbocycles. The van der Waals surface area contributed by atoms with E-state index in [1.165, 1.54) is 11.3 Å². The summed E-state index contributed by atoms with van der Waals surface area (Å²) in [5, 5.41) is 8.90. The van der Waals surface area contributed by atoms with Crippen LogP contribution in [-0.4, -0.2) is 16.0 Å². The summed E-state index contributed by atoms with van der Waals surface area (Å²) in [4.78, 5) is 18.3. The highest BCUT2D eigenvalue weighted by Crippen LogP contribution is 2.25. The lowest BCUT2D eigenvalue weighted by Crippen LogP contribution is -2.12. The SMILES string of the molecule is O=C(Nc1ccccc1Cc1nc(-c2cccs2)no1)c1ccc(Cl)s1. The minimum Gasteiger partial charge on any atom is -0.339 e. The highest BCUT2D eigenvalue weighted by Gasteiger charge is 2.14. The number of nitrogens with zero attached hydrogens (tertiary/aromatic N) is 2. The fourth-order valence-electron chi connectivity index (χ4n) is 2.41. The number of benzene rings is 1. The van der Waals surface area contributed by atoms with Crippen LogP contribution in [0, 0.1) is 0 Å². The molecule has 0 saturated carbocycles. The fourth-order valence-corrected chi connectivity index (χ4v) is 4.00. The summed E-state index contributed by atoms with van der Waals surface area (Å²) in [5.74, 6) is 0.873. The number of para-hydroxylation sites is 1. The van der Waals surface area contributed by atoms with Crippen LogP contribution in [0.4, 0.5) is 5.69 Å². The summed E-state index contributed by atoms with van der Waals surface area (Å²) in [7, 11) is 0. The molecule has 1 N–H and O–H groups in total. The van der Waals surface area contributed by atoms with E-state index in [-0.39, 0.29) is 5.91 Å². The van der Waals surface area contributed by atoms with E-state index in [2.05, 4.69) is 15.5 Å². The summed E-state index contributed by atoms with van der Waals surface area (Å²) in [6, 6.07) is 14.8. The highest BCUT2D eigenvalue weighted by molar-refractivity contribution is 7.18. The molecule has 0 atom stereocenters. The molecule has 5 nitrogen and oxygen atoms in total. The van der Waals surface area contributed by atoms with Gasteiger partial charge in [-0.25, -0.2) is 0 Å². The molecule has 4 rings (SSSR count). The van der Waals surface area contributed by atoms with E-state index in [9.17, 15) is 4.79 Å². The van der Waals surface area contributed by atoms with Gasteiger partial charge in [0.1, 0.15) is 0 Å². The van der Waals surface area contributed by atoms with Gasteiger partial charge in [0, 0.05) is 5.69 Å². The number of aromatic nitrogens is 2. The molecule has 4 aromatic rings. The first-order valence-electron chi connectivity index (χ1n) is 7.70. The van der Waals surface area contributed by atoms with Crippen LogP contribution in [0.25, 0.3) is 10.7 Å². The van der Waals surface area contributed by atoms with Crippen molar-refractivity contribution >= 4 is 45.9 Å². The monoisotopic (exact) mass is 401 g/mol. The first-order chi connectivity index (χ1) is 12.7. The van der Waals surface area contributed by atoms with Gasteiger partial charge in [-0.3, -0.25) is 4.79 Å². The number of nitrogens with one attached hydrogen (secondary N) is 1. The molecule has 0 aliphatic heterocycles. The molecule has 130 valence electrons. The number of rotatable bonds is 5. The zero-order chi connectivity index (χ0) is 17.9. The van der Waals surface area contributed by atoms with Crippen molar-refractivity contribution in [3.63, 3.8) is 0 Å². The van der Waals surface area contributed by atoms with Gasteiger partial charge in [0.2, 0.25) is 11.7 Å². The molecule has 0 unspecified atom stereocenters. The molecule has 0 aliphatic rings. The van der Waals surface area contributed by atoms with E-state index >= 15 is 0 Å². The Morgan fingerprint density at radius 2 is 2.04 bits per heavy atom. The second-order valence-corrected chi connectivity index (χ2v) is 8.04. The second-order valence-electron chi connectivity index (χ2n) is 5.38. The molecular weight excluding hydrogens is 390 g/mol. The van der Waals surface area contributed by atoms with Crippen molar-refractivity contribution in [3.8, 4) is 10.7 Å². The third-order valence-electron chi connectivity index (χ3n) is 3.61. The predicted octanol–water partition coefficient (Wildman–Crippen LogP) is 5.36. The molecule has 3 heterocycles. The van der Waals surface area contributed by atoms with Crippen LogP contribution in [0.1, 0.15) is 21.1 Å². The van der Waals surface area contributed by atoms with Gasteiger partial charge in [0.05, 0.1) is 20.5 Å². The van der Waals surface area contributed by atoms with Gasteiger partial charge in [0.25, 0.3) is 5.91 Å². The lowest BCUT2D eigenvalue weighted by atomic mass is 10.1. The quantitative estimate of drug-likeness (QED) is 0.489. The second kappa shape index (κ2) is 7.41. The maximum Gasteiger partial charge on any atom is 0.265 e. The summed E-state index contributed by atoms with van der Waals surface area (Å²) >= 11 is 8.70. The van der Waals surface area contributed by atoms with Crippen LogP contribution in [0.3, 0.4) is 0 Å². The number of hydrogen-bond acceptors (Lipinski definition) is 6. The van der Waals surface area contributed by atoms with E-state index in [4.69, 9.17) is 16.1 Å². The van der Waals surface area contributed by atoms with Crippen LogP contribution in [-0.2, 0) is 6.42 Å². The van der Waals surface area contributed by atoms with Crippen molar-refractivity contribution in [2.24, 2.45) is 0 Å². The average Bonchev–Trinajstić information content (AvgIpc) is 3.37. The maximum atomic E-state index is 12.4. The fraction of sp³-hybridized carbons (Fsp3) is 0.0556. The lowest BCUT2D eigenvalue weighted by Gasteiger charge is -2.08. The Kier molecular flexibility index (Phi) is 4.83. The van der Waals surface area contributed by atoms with E-state index < -0.39 is 0 Å². The Hall–Kier alpha value is -2.48. The topological polar surface area (TPSA) is 68.0 Å². The molecule has 0 spiro atoms. The summed E-state index contributed by atoms with van der Waals surface area (Å²) < 4.78 is 5.94. The minimum atomic E-state index is -0.195. The number of halogens is 1. The molecule has 0 radical (unpaired) electrons. The van der Waals surface area contributed by atoms with Crippen molar-refractivity contribution in [3.05, 3.63) is 74.6 Å². The van der Waals surface area contributed by atoms with Gasteiger partial charge in [-0.05, 0) is 35.2 Å². The van der Waals surface area contributed by atoms with Crippen molar-refractivity contribution in [2.45, 2.75) is 6.42 Å². The van der Waals surface area contributed by atoms with Crippen molar-refractivity contribution in [2.75, 3.05) is 5.32 Å². The Balaban J connectivity index is 1.53. The van der Waals surface area contributed by atoms with Crippen LogP contribution < -0.4 is 5.32 Å². The number of hydrogen-bond donors (Lipinski definition) is 1. The molecule has 8 heteroatoms. The average molecular weight is 402 g/mol. The minimum absolute atomic E-state index is 0.195. The molecule has 3 aromatic heterocycles. The predicted molar refractivity (Wildman–Crippen MR) is 104 cm³/mol. The number of carbonyl (C=O) groups is 1. The molecular formula is C18H12ClN3O2S2. The Bertz CT molecular complexity index is 1040. The summed E-state index contributed by atoms with van der Waals surface area (Å²) in [5.41, 5.74) is 1.60.